The number of nitrogens with one attached hydrogen (secondary N) is 2. The van der Waals surface area contributed by atoms with Crippen molar-refractivity contribution in [2.75, 3.05) is 64.3 Å². The Balaban J connectivity index is 1.24. The molecule has 2 N–H and O–H groups in total. The number of carbonyl (C=O) groups is 1. The van der Waals surface area contributed by atoms with Crippen LogP contribution in [0.1, 0.15) is 31.2 Å². The smallest absolute Gasteiger partial charge is 0.319 e. The number of morpholine rings is 1. The lowest BCUT2D eigenvalue weighted by atomic mass is 9.65. The molecule has 8 nitrogen and oxygen atoms in total. The number of rotatable bonds is 6. The van der Waals surface area contributed by atoms with E-state index in [-0.39, 0.29) is 17.5 Å². The van der Waals surface area contributed by atoms with Crippen molar-refractivity contribution in [1.82, 2.24) is 10.2 Å². The van der Waals surface area contributed by atoms with Gasteiger partial charge in [0.05, 0.1) is 38.1 Å². The number of benzene rings is 2. The maximum absolute atomic E-state index is 12.9. The number of halogens is 1. The number of ether oxygens (including phenoxy) is 3. The Kier molecular flexibility index (Phi) is 7.70. The molecule has 5 rings (SSSR count). The summed E-state index contributed by atoms with van der Waals surface area (Å²) < 4.78 is 16.5. The van der Waals surface area contributed by atoms with E-state index in [0.29, 0.717) is 30.0 Å². The van der Waals surface area contributed by atoms with Gasteiger partial charge in [0.15, 0.2) is 11.5 Å². The van der Waals surface area contributed by atoms with E-state index in [1.54, 1.807) is 14.2 Å². The van der Waals surface area contributed by atoms with E-state index in [4.69, 9.17) is 25.8 Å². The molecule has 1 aliphatic carbocycles. The molecule has 2 heterocycles. The van der Waals surface area contributed by atoms with E-state index in [9.17, 15) is 4.79 Å². The maximum Gasteiger partial charge on any atom is 0.319 e. The number of likely N-dealkylation sites (N-methyl/N-ethyl adjacent to an activating group) is 1. The summed E-state index contributed by atoms with van der Waals surface area (Å²) in [5, 5.41) is 6.82. The van der Waals surface area contributed by atoms with Crippen LogP contribution in [0.2, 0.25) is 5.02 Å². The molecule has 1 saturated carbocycles. The number of fused-ring (bicyclic) bond motifs is 1. The van der Waals surface area contributed by atoms with E-state index >= 15 is 0 Å². The van der Waals surface area contributed by atoms with Crippen LogP contribution in [-0.2, 0) is 10.2 Å². The Labute approximate surface area is 224 Å². The van der Waals surface area contributed by atoms with Crippen LogP contribution in [0.5, 0.6) is 11.5 Å². The van der Waals surface area contributed by atoms with Gasteiger partial charge >= 0.3 is 6.03 Å². The fraction of sp³-hybridized carbons (Fsp3) is 0.536. The molecule has 0 bridgehead atoms. The van der Waals surface area contributed by atoms with Gasteiger partial charge in [0.25, 0.3) is 0 Å². The zero-order chi connectivity index (χ0) is 26.0. The van der Waals surface area contributed by atoms with Crippen LogP contribution in [0.3, 0.4) is 0 Å². The van der Waals surface area contributed by atoms with Gasteiger partial charge in [-0.1, -0.05) is 17.7 Å². The largest absolute Gasteiger partial charge is 0.493 e. The number of nitrogens with zero attached hydrogens (tertiary/aromatic N) is 2. The van der Waals surface area contributed by atoms with E-state index in [1.165, 1.54) is 5.56 Å². The highest BCUT2D eigenvalue weighted by Crippen LogP contribution is 2.49. The summed E-state index contributed by atoms with van der Waals surface area (Å²) in [7, 11) is 5.53. The van der Waals surface area contributed by atoms with Crippen LogP contribution in [0.15, 0.2) is 36.4 Å². The minimum atomic E-state index is -0.195. The number of carbonyl (C=O) groups excluding carboxylic acids is 1. The Morgan fingerprint density at radius 2 is 1.84 bits per heavy atom. The number of methoxy groups -OCH3 is 2. The standard InChI is InChI=1S/C28H37ClN4O4/c1-32-11-10-28(19-4-7-24(35-2)25(16-19)36-3)9-8-21(18-26(28)32)31-27(34)30-20-5-6-23(22(29)17-20)33-12-14-37-15-13-33/h4-7,16-17,21,26H,8-15,18H2,1-3H3,(H2,30,31,34)/t21-,26+,28+/m1/s1. The molecule has 3 fully saturated rings. The molecule has 2 aromatic carbocycles. The average Bonchev–Trinajstić information content (AvgIpc) is 3.25. The maximum atomic E-state index is 12.9. The highest BCUT2D eigenvalue weighted by Gasteiger charge is 2.50. The first-order valence-electron chi connectivity index (χ1n) is 13.1. The number of hydrogen-bond acceptors (Lipinski definition) is 6. The normalized spacial score (nSPS) is 25.9. The number of urea groups is 1. The quantitative estimate of drug-likeness (QED) is 0.574. The summed E-state index contributed by atoms with van der Waals surface area (Å²) in [6.45, 7) is 4.06. The summed E-state index contributed by atoms with van der Waals surface area (Å²) in [6.07, 6.45) is 3.91. The van der Waals surface area contributed by atoms with Crippen LogP contribution in [0.25, 0.3) is 0 Å². The summed E-state index contributed by atoms with van der Waals surface area (Å²) in [6, 6.07) is 12.3. The van der Waals surface area contributed by atoms with E-state index < -0.39 is 0 Å². The molecule has 3 atom stereocenters. The Morgan fingerprint density at radius 1 is 1.05 bits per heavy atom. The molecular formula is C28H37ClN4O4. The minimum absolute atomic E-state index is 0.0474. The third-order valence-electron chi connectivity index (χ3n) is 8.38. The van der Waals surface area contributed by atoms with Crippen molar-refractivity contribution in [2.45, 2.75) is 43.2 Å². The first-order chi connectivity index (χ1) is 17.9. The monoisotopic (exact) mass is 528 g/mol. The molecule has 2 aliphatic heterocycles. The minimum Gasteiger partial charge on any atom is -0.493 e. The van der Waals surface area contributed by atoms with Gasteiger partial charge < -0.3 is 34.6 Å². The van der Waals surface area contributed by atoms with Crippen molar-refractivity contribution in [3.05, 3.63) is 47.0 Å². The number of amides is 2. The Bertz CT molecular complexity index is 1130. The van der Waals surface area contributed by atoms with Gasteiger partial charge in [0, 0.05) is 36.3 Å². The van der Waals surface area contributed by atoms with Gasteiger partial charge in [-0.3, -0.25) is 0 Å². The van der Waals surface area contributed by atoms with Gasteiger partial charge in [-0.05, 0) is 75.2 Å². The summed E-state index contributed by atoms with van der Waals surface area (Å²) >= 11 is 6.55. The van der Waals surface area contributed by atoms with Gasteiger partial charge in [-0.2, -0.15) is 0 Å². The number of likely N-dealkylation sites (tertiary alicyclic amines) is 1. The predicted molar refractivity (Wildman–Crippen MR) is 147 cm³/mol. The molecule has 0 radical (unpaired) electrons. The number of anilines is 2. The third-order valence-corrected chi connectivity index (χ3v) is 8.68. The fourth-order valence-corrected chi connectivity index (χ4v) is 6.69. The molecular weight excluding hydrogens is 492 g/mol. The van der Waals surface area contributed by atoms with Crippen molar-refractivity contribution in [3.63, 3.8) is 0 Å². The Hall–Kier alpha value is -2.68. The lowest BCUT2D eigenvalue weighted by Gasteiger charge is -2.45. The molecule has 0 unspecified atom stereocenters. The highest BCUT2D eigenvalue weighted by molar-refractivity contribution is 6.33. The molecule has 200 valence electrons. The van der Waals surface area contributed by atoms with Crippen LogP contribution in [-0.4, -0.2) is 77.1 Å². The summed E-state index contributed by atoms with van der Waals surface area (Å²) in [4.78, 5) is 17.6. The van der Waals surface area contributed by atoms with Crippen molar-refractivity contribution in [1.29, 1.82) is 0 Å². The third kappa shape index (κ3) is 5.19. The average molecular weight is 529 g/mol. The van der Waals surface area contributed by atoms with E-state index in [1.807, 2.05) is 24.3 Å². The second kappa shape index (κ2) is 11.0. The van der Waals surface area contributed by atoms with Gasteiger partial charge in [0.2, 0.25) is 0 Å². The van der Waals surface area contributed by atoms with E-state index in [2.05, 4.69) is 39.6 Å². The SMILES string of the molecule is COc1ccc([C@@]23CC[C@@H](NC(=O)Nc4ccc(N5CCOCC5)c(Cl)c4)C[C@@H]2N(C)CC3)cc1OC. The topological polar surface area (TPSA) is 75.3 Å². The zero-order valence-corrected chi connectivity index (χ0v) is 22.6. The molecule has 0 spiro atoms. The van der Waals surface area contributed by atoms with Crippen LogP contribution in [0, 0.1) is 0 Å². The molecule has 37 heavy (non-hydrogen) atoms. The highest BCUT2D eigenvalue weighted by atomic mass is 35.5. The molecule has 2 saturated heterocycles. The van der Waals surface area contributed by atoms with Gasteiger partial charge in [0.1, 0.15) is 0 Å². The second-order valence-electron chi connectivity index (χ2n) is 10.3. The Morgan fingerprint density at radius 3 is 2.57 bits per heavy atom. The molecule has 3 aliphatic rings. The van der Waals surface area contributed by atoms with Crippen molar-refractivity contribution >= 4 is 29.0 Å². The number of hydrogen-bond donors (Lipinski definition) is 2. The van der Waals surface area contributed by atoms with E-state index in [0.717, 1.165) is 62.5 Å². The van der Waals surface area contributed by atoms with Crippen molar-refractivity contribution in [3.8, 4) is 11.5 Å². The molecule has 2 aromatic rings. The van der Waals surface area contributed by atoms with Gasteiger partial charge in [-0.25, -0.2) is 4.79 Å². The first-order valence-corrected chi connectivity index (χ1v) is 13.4. The van der Waals surface area contributed by atoms with Crippen molar-refractivity contribution < 1.29 is 19.0 Å². The summed E-state index contributed by atoms with van der Waals surface area (Å²) in [5.41, 5.74) is 3.00. The zero-order valence-electron chi connectivity index (χ0n) is 21.9. The second-order valence-corrected chi connectivity index (χ2v) is 10.7. The summed E-state index contributed by atoms with van der Waals surface area (Å²) in [5.74, 6) is 1.51. The molecule has 2 amide bonds. The van der Waals surface area contributed by atoms with Crippen LogP contribution < -0.4 is 25.0 Å². The first kappa shape index (κ1) is 25.9. The van der Waals surface area contributed by atoms with Gasteiger partial charge in [-0.15, -0.1) is 0 Å². The fourth-order valence-electron chi connectivity index (χ4n) is 6.39. The predicted octanol–water partition coefficient (Wildman–Crippen LogP) is 4.51. The lowest BCUT2D eigenvalue weighted by Crippen LogP contribution is -2.52. The molecule has 9 heteroatoms. The molecule has 0 aromatic heterocycles. The lowest BCUT2D eigenvalue weighted by molar-refractivity contribution is 0.122. The van der Waals surface area contributed by atoms with Crippen LogP contribution in [0.4, 0.5) is 16.2 Å². The van der Waals surface area contributed by atoms with Crippen LogP contribution >= 0.6 is 11.6 Å². The van der Waals surface area contributed by atoms with Crippen molar-refractivity contribution in [2.24, 2.45) is 0 Å².